The molecule has 0 saturated carbocycles. The van der Waals surface area contributed by atoms with Crippen molar-refractivity contribution in [2.24, 2.45) is 0 Å². The standard InChI is InChI=1S/C18H16N2O4S/c1-2-12-5-7-13(8-6-12)14-11-25-18(19-14)20-16(21)10-24-17(22)15-4-3-9-23-15/h3-9,11H,2,10H2,1H3,(H,19,20,21). The number of furan rings is 1. The first kappa shape index (κ1) is 16.9. The molecule has 2 heterocycles. The van der Waals surface area contributed by atoms with Crippen LogP contribution in [0.1, 0.15) is 23.0 Å². The van der Waals surface area contributed by atoms with Crippen molar-refractivity contribution in [1.82, 2.24) is 4.98 Å². The molecule has 1 N–H and O–H groups in total. The molecule has 0 unspecified atom stereocenters. The second kappa shape index (κ2) is 7.76. The molecule has 7 heteroatoms. The van der Waals surface area contributed by atoms with Gasteiger partial charge in [-0.05, 0) is 24.1 Å². The first-order valence-corrected chi connectivity index (χ1v) is 8.59. The summed E-state index contributed by atoms with van der Waals surface area (Å²) in [4.78, 5) is 27.8. The van der Waals surface area contributed by atoms with E-state index in [1.54, 1.807) is 6.07 Å². The van der Waals surface area contributed by atoms with Gasteiger partial charge < -0.3 is 9.15 Å². The summed E-state index contributed by atoms with van der Waals surface area (Å²) in [7, 11) is 0. The van der Waals surface area contributed by atoms with E-state index in [4.69, 9.17) is 9.15 Å². The van der Waals surface area contributed by atoms with E-state index in [1.165, 1.54) is 29.2 Å². The minimum absolute atomic E-state index is 0.0554. The SMILES string of the molecule is CCc1ccc(-c2csc(NC(=O)COC(=O)c3ccco3)n2)cc1. The molecular weight excluding hydrogens is 340 g/mol. The zero-order chi connectivity index (χ0) is 17.6. The monoisotopic (exact) mass is 356 g/mol. The maximum Gasteiger partial charge on any atom is 0.374 e. The Kier molecular flexibility index (Phi) is 5.25. The van der Waals surface area contributed by atoms with Crippen LogP contribution in [-0.4, -0.2) is 23.5 Å². The number of nitrogens with one attached hydrogen (secondary N) is 1. The minimum Gasteiger partial charge on any atom is -0.457 e. The normalized spacial score (nSPS) is 10.4. The van der Waals surface area contributed by atoms with Gasteiger partial charge in [0.05, 0.1) is 12.0 Å². The Labute approximate surface area is 148 Å². The predicted octanol–water partition coefficient (Wildman–Crippen LogP) is 3.76. The summed E-state index contributed by atoms with van der Waals surface area (Å²) in [5.74, 6) is -1.09. The van der Waals surface area contributed by atoms with Crippen molar-refractivity contribution in [2.75, 3.05) is 11.9 Å². The van der Waals surface area contributed by atoms with Crippen molar-refractivity contribution in [3.05, 3.63) is 59.4 Å². The van der Waals surface area contributed by atoms with E-state index < -0.39 is 18.5 Å². The van der Waals surface area contributed by atoms with Gasteiger partial charge in [0.15, 0.2) is 11.7 Å². The Morgan fingerprint density at radius 2 is 2.04 bits per heavy atom. The quantitative estimate of drug-likeness (QED) is 0.680. The van der Waals surface area contributed by atoms with Gasteiger partial charge >= 0.3 is 5.97 Å². The lowest BCUT2D eigenvalue weighted by Crippen LogP contribution is -2.20. The second-order valence-electron chi connectivity index (χ2n) is 5.19. The van der Waals surface area contributed by atoms with E-state index in [1.807, 2.05) is 17.5 Å². The van der Waals surface area contributed by atoms with Crippen LogP contribution in [-0.2, 0) is 16.0 Å². The van der Waals surface area contributed by atoms with Crippen molar-refractivity contribution in [2.45, 2.75) is 13.3 Å². The zero-order valence-electron chi connectivity index (χ0n) is 13.5. The first-order valence-electron chi connectivity index (χ1n) is 7.71. The number of aromatic nitrogens is 1. The average Bonchev–Trinajstić information content (AvgIpc) is 3.32. The smallest absolute Gasteiger partial charge is 0.374 e. The number of amides is 1. The number of esters is 1. The Hall–Kier alpha value is -2.93. The highest BCUT2D eigenvalue weighted by molar-refractivity contribution is 7.14. The topological polar surface area (TPSA) is 81.4 Å². The minimum atomic E-state index is -0.684. The summed E-state index contributed by atoms with van der Waals surface area (Å²) in [5, 5.41) is 4.93. The lowest BCUT2D eigenvalue weighted by atomic mass is 10.1. The Bertz CT molecular complexity index is 854. The van der Waals surface area contributed by atoms with Crippen LogP contribution in [0.2, 0.25) is 0 Å². The molecule has 0 aliphatic heterocycles. The predicted molar refractivity (Wildman–Crippen MR) is 94.5 cm³/mol. The summed E-state index contributed by atoms with van der Waals surface area (Å²) in [6.45, 7) is 1.70. The fraction of sp³-hybridized carbons (Fsp3) is 0.167. The number of carbonyl (C=O) groups excluding carboxylic acids is 2. The number of aryl methyl sites for hydroxylation is 1. The van der Waals surface area contributed by atoms with E-state index in [2.05, 4.69) is 29.4 Å². The van der Waals surface area contributed by atoms with Crippen molar-refractivity contribution < 1.29 is 18.7 Å². The van der Waals surface area contributed by atoms with E-state index >= 15 is 0 Å². The molecule has 25 heavy (non-hydrogen) atoms. The van der Waals surface area contributed by atoms with Crippen LogP contribution in [0.15, 0.2) is 52.5 Å². The Morgan fingerprint density at radius 3 is 2.72 bits per heavy atom. The second-order valence-corrected chi connectivity index (χ2v) is 6.05. The van der Waals surface area contributed by atoms with E-state index in [0.29, 0.717) is 5.13 Å². The Balaban J connectivity index is 1.55. The third-order valence-electron chi connectivity index (χ3n) is 3.47. The first-order chi connectivity index (χ1) is 12.2. The summed E-state index contributed by atoms with van der Waals surface area (Å²) in [6.07, 6.45) is 2.34. The highest BCUT2D eigenvalue weighted by atomic mass is 32.1. The van der Waals surface area contributed by atoms with Crippen molar-refractivity contribution in [3.8, 4) is 11.3 Å². The van der Waals surface area contributed by atoms with E-state index in [9.17, 15) is 9.59 Å². The maximum absolute atomic E-state index is 11.9. The van der Waals surface area contributed by atoms with Crippen LogP contribution in [0, 0.1) is 0 Å². The van der Waals surface area contributed by atoms with Crippen LogP contribution in [0.4, 0.5) is 5.13 Å². The van der Waals surface area contributed by atoms with Gasteiger partial charge in [-0.2, -0.15) is 0 Å². The number of anilines is 1. The fourth-order valence-corrected chi connectivity index (χ4v) is 2.86. The number of rotatable bonds is 6. The summed E-state index contributed by atoms with van der Waals surface area (Å²) in [6, 6.07) is 11.2. The molecule has 0 aliphatic carbocycles. The summed E-state index contributed by atoms with van der Waals surface area (Å²) >= 11 is 1.31. The van der Waals surface area contributed by atoms with Crippen LogP contribution >= 0.6 is 11.3 Å². The molecule has 6 nitrogen and oxygen atoms in total. The number of benzene rings is 1. The van der Waals surface area contributed by atoms with Gasteiger partial charge in [-0.3, -0.25) is 10.1 Å². The molecule has 0 spiro atoms. The number of hydrogen-bond acceptors (Lipinski definition) is 6. The van der Waals surface area contributed by atoms with Crippen LogP contribution in [0.5, 0.6) is 0 Å². The lowest BCUT2D eigenvalue weighted by molar-refractivity contribution is -0.119. The van der Waals surface area contributed by atoms with Gasteiger partial charge in [0.2, 0.25) is 5.76 Å². The molecule has 1 amide bonds. The van der Waals surface area contributed by atoms with Crippen molar-refractivity contribution >= 4 is 28.3 Å². The zero-order valence-corrected chi connectivity index (χ0v) is 14.3. The number of thiazole rings is 1. The van der Waals surface area contributed by atoms with Crippen LogP contribution < -0.4 is 5.32 Å². The molecule has 0 atom stereocenters. The number of carbonyl (C=O) groups is 2. The van der Waals surface area contributed by atoms with Crippen molar-refractivity contribution in [3.63, 3.8) is 0 Å². The highest BCUT2D eigenvalue weighted by Crippen LogP contribution is 2.25. The molecule has 0 aliphatic rings. The summed E-state index contributed by atoms with van der Waals surface area (Å²) in [5.41, 5.74) is 3.03. The van der Waals surface area contributed by atoms with E-state index in [0.717, 1.165) is 17.7 Å². The molecule has 0 bridgehead atoms. The number of hydrogen-bond donors (Lipinski definition) is 1. The van der Waals surface area contributed by atoms with Gasteiger partial charge in [0.1, 0.15) is 0 Å². The fourth-order valence-electron chi connectivity index (χ4n) is 2.13. The third kappa shape index (κ3) is 4.33. The molecule has 3 aromatic rings. The molecule has 0 radical (unpaired) electrons. The Morgan fingerprint density at radius 1 is 1.24 bits per heavy atom. The molecule has 0 saturated heterocycles. The van der Waals surface area contributed by atoms with E-state index in [-0.39, 0.29) is 5.76 Å². The molecule has 1 aromatic carbocycles. The van der Waals surface area contributed by atoms with Gasteiger partial charge in [0, 0.05) is 10.9 Å². The average molecular weight is 356 g/mol. The van der Waals surface area contributed by atoms with Gasteiger partial charge in [0.25, 0.3) is 5.91 Å². The molecule has 3 rings (SSSR count). The maximum atomic E-state index is 11.9. The number of nitrogens with zero attached hydrogens (tertiary/aromatic N) is 1. The van der Waals surface area contributed by atoms with Gasteiger partial charge in [-0.15, -0.1) is 11.3 Å². The summed E-state index contributed by atoms with van der Waals surface area (Å²) < 4.78 is 9.77. The molecule has 128 valence electrons. The number of ether oxygens (including phenoxy) is 1. The van der Waals surface area contributed by atoms with Gasteiger partial charge in [-0.25, -0.2) is 9.78 Å². The largest absolute Gasteiger partial charge is 0.457 e. The van der Waals surface area contributed by atoms with Crippen LogP contribution in [0.25, 0.3) is 11.3 Å². The third-order valence-corrected chi connectivity index (χ3v) is 4.22. The van der Waals surface area contributed by atoms with Crippen LogP contribution in [0.3, 0.4) is 0 Å². The van der Waals surface area contributed by atoms with Crippen molar-refractivity contribution in [1.29, 1.82) is 0 Å². The highest BCUT2D eigenvalue weighted by Gasteiger charge is 2.14. The molecule has 2 aromatic heterocycles. The lowest BCUT2D eigenvalue weighted by Gasteiger charge is -2.03. The van der Waals surface area contributed by atoms with Gasteiger partial charge in [-0.1, -0.05) is 31.2 Å². The molecule has 0 fully saturated rings. The molecular formula is C18H16N2O4S.